The van der Waals surface area contributed by atoms with E-state index in [1.54, 1.807) is 0 Å². The molecular formula is C24H21NO. The van der Waals surface area contributed by atoms with E-state index in [0.717, 1.165) is 18.4 Å². The third-order valence-electron chi connectivity index (χ3n) is 4.94. The zero-order valence-corrected chi connectivity index (χ0v) is 14.8. The number of carbonyl (C=O) groups excluding carboxylic acids is 1. The van der Waals surface area contributed by atoms with Gasteiger partial charge in [-0.15, -0.1) is 0 Å². The quantitative estimate of drug-likeness (QED) is 0.430. The minimum Gasteiger partial charge on any atom is -0.343 e. The van der Waals surface area contributed by atoms with Crippen molar-refractivity contribution in [3.8, 4) is 11.1 Å². The molecule has 0 saturated heterocycles. The van der Waals surface area contributed by atoms with Crippen LogP contribution in [0.2, 0.25) is 0 Å². The van der Waals surface area contributed by atoms with Gasteiger partial charge in [0.25, 0.3) is 0 Å². The summed E-state index contributed by atoms with van der Waals surface area (Å²) < 4.78 is 2.28. The molecule has 0 saturated carbocycles. The van der Waals surface area contributed by atoms with Crippen LogP contribution in [-0.4, -0.2) is 10.9 Å². The van der Waals surface area contributed by atoms with E-state index in [2.05, 4.69) is 71.4 Å². The van der Waals surface area contributed by atoms with Gasteiger partial charge in [-0.05, 0) is 40.5 Å². The molecule has 1 atom stereocenters. The molecule has 4 aromatic rings. The molecule has 0 aliphatic heterocycles. The monoisotopic (exact) mass is 339 g/mol. The van der Waals surface area contributed by atoms with Gasteiger partial charge in [-0.2, -0.15) is 0 Å². The molecule has 0 aliphatic carbocycles. The van der Waals surface area contributed by atoms with Crippen LogP contribution < -0.4 is 0 Å². The number of hydrogen-bond donors (Lipinski definition) is 0. The number of hydrogen-bond acceptors (Lipinski definition) is 1. The summed E-state index contributed by atoms with van der Waals surface area (Å²) in [5.74, 6) is -0.0569. The highest BCUT2D eigenvalue weighted by atomic mass is 16.1. The van der Waals surface area contributed by atoms with Gasteiger partial charge in [0, 0.05) is 29.6 Å². The highest BCUT2D eigenvalue weighted by Crippen LogP contribution is 2.27. The summed E-state index contributed by atoms with van der Waals surface area (Å²) in [6.45, 7) is 2.80. The molecule has 3 aromatic carbocycles. The number of aldehydes is 1. The van der Waals surface area contributed by atoms with E-state index in [9.17, 15) is 4.79 Å². The first kappa shape index (κ1) is 16.3. The van der Waals surface area contributed by atoms with Crippen molar-refractivity contribution in [2.45, 2.75) is 19.4 Å². The van der Waals surface area contributed by atoms with E-state index in [-0.39, 0.29) is 5.92 Å². The minimum absolute atomic E-state index is 0.0569. The lowest BCUT2D eigenvalue weighted by molar-refractivity contribution is -0.108. The fraction of sp³-hybridized carbons (Fsp3) is 0.125. The molecule has 26 heavy (non-hydrogen) atoms. The van der Waals surface area contributed by atoms with Crippen LogP contribution >= 0.6 is 0 Å². The van der Waals surface area contributed by atoms with Gasteiger partial charge in [0.15, 0.2) is 0 Å². The smallest absolute Gasteiger partial charge is 0.127 e. The van der Waals surface area contributed by atoms with Crippen molar-refractivity contribution in [1.29, 1.82) is 0 Å². The van der Waals surface area contributed by atoms with Crippen molar-refractivity contribution in [2.75, 3.05) is 0 Å². The molecule has 0 amide bonds. The van der Waals surface area contributed by atoms with Gasteiger partial charge < -0.3 is 9.36 Å². The summed E-state index contributed by atoms with van der Waals surface area (Å²) in [7, 11) is 0. The van der Waals surface area contributed by atoms with Crippen LogP contribution in [0.25, 0.3) is 22.0 Å². The Kier molecular flexibility index (Phi) is 4.40. The second-order valence-corrected chi connectivity index (χ2v) is 6.75. The number of benzene rings is 3. The lowest BCUT2D eigenvalue weighted by Gasteiger charge is -2.08. The first-order valence-electron chi connectivity index (χ1n) is 8.93. The average molecular weight is 339 g/mol. The molecule has 0 fully saturated rings. The fourth-order valence-corrected chi connectivity index (χ4v) is 3.36. The lowest BCUT2D eigenvalue weighted by atomic mass is 9.98. The Labute approximate surface area is 153 Å². The summed E-state index contributed by atoms with van der Waals surface area (Å²) in [6.07, 6.45) is 3.13. The number of nitrogens with zero attached hydrogens (tertiary/aromatic N) is 1. The average Bonchev–Trinajstić information content (AvgIpc) is 3.10. The summed E-state index contributed by atoms with van der Waals surface area (Å²) >= 11 is 0. The lowest BCUT2D eigenvalue weighted by Crippen LogP contribution is -1.97. The fourth-order valence-electron chi connectivity index (χ4n) is 3.36. The van der Waals surface area contributed by atoms with Crippen molar-refractivity contribution in [3.05, 3.63) is 96.2 Å². The molecule has 128 valence electrons. The second-order valence-electron chi connectivity index (χ2n) is 6.75. The van der Waals surface area contributed by atoms with E-state index < -0.39 is 0 Å². The van der Waals surface area contributed by atoms with Gasteiger partial charge in [-0.3, -0.25) is 0 Å². The molecule has 0 radical (unpaired) electrons. The molecule has 1 unspecified atom stereocenters. The Morgan fingerprint density at radius 3 is 2.35 bits per heavy atom. The van der Waals surface area contributed by atoms with Gasteiger partial charge >= 0.3 is 0 Å². The SMILES string of the molecule is CC(C=O)c1ccc(-c2ccc3c(ccn3Cc3ccccc3)c2)cc1. The van der Waals surface area contributed by atoms with Crippen LogP contribution in [-0.2, 0) is 11.3 Å². The number of rotatable bonds is 5. The Morgan fingerprint density at radius 1 is 0.885 bits per heavy atom. The van der Waals surface area contributed by atoms with Gasteiger partial charge in [-0.1, -0.05) is 67.6 Å². The Balaban J connectivity index is 1.63. The molecule has 4 rings (SSSR count). The van der Waals surface area contributed by atoms with E-state index in [1.165, 1.54) is 27.6 Å². The van der Waals surface area contributed by atoms with Gasteiger partial charge in [0.1, 0.15) is 6.29 Å². The highest BCUT2D eigenvalue weighted by molar-refractivity contribution is 5.85. The van der Waals surface area contributed by atoms with Crippen LogP contribution in [0, 0.1) is 0 Å². The summed E-state index contributed by atoms with van der Waals surface area (Å²) in [5, 5.41) is 1.24. The molecule has 1 aromatic heterocycles. The maximum absolute atomic E-state index is 10.9. The van der Waals surface area contributed by atoms with Crippen LogP contribution in [0.15, 0.2) is 85.1 Å². The Bertz CT molecular complexity index is 1030. The molecule has 0 N–H and O–H groups in total. The van der Waals surface area contributed by atoms with Crippen molar-refractivity contribution in [3.63, 3.8) is 0 Å². The van der Waals surface area contributed by atoms with Crippen LogP contribution in [0.5, 0.6) is 0 Å². The third kappa shape index (κ3) is 3.18. The molecule has 0 bridgehead atoms. The zero-order chi connectivity index (χ0) is 17.9. The maximum atomic E-state index is 10.9. The largest absolute Gasteiger partial charge is 0.343 e. The van der Waals surface area contributed by atoms with Gasteiger partial charge in [0.2, 0.25) is 0 Å². The topological polar surface area (TPSA) is 22.0 Å². The van der Waals surface area contributed by atoms with Crippen molar-refractivity contribution in [1.82, 2.24) is 4.57 Å². The van der Waals surface area contributed by atoms with E-state index in [4.69, 9.17) is 0 Å². The van der Waals surface area contributed by atoms with E-state index >= 15 is 0 Å². The molecule has 0 aliphatic rings. The number of carbonyl (C=O) groups is 1. The van der Waals surface area contributed by atoms with Crippen molar-refractivity contribution >= 4 is 17.2 Å². The Hall–Kier alpha value is -3.13. The van der Waals surface area contributed by atoms with Crippen LogP contribution in [0.4, 0.5) is 0 Å². The van der Waals surface area contributed by atoms with Crippen LogP contribution in [0.3, 0.4) is 0 Å². The second kappa shape index (κ2) is 7.01. The van der Waals surface area contributed by atoms with Crippen molar-refractivity contribution < 1.29 is 4.79 Å². The molecule has 1 heterocycles. The van der Waals surface area contributed by atoms with E-state index in [1.807, 2.05) is 25.1 Å². The molecular weight excluding hydrogens is 318 g/mol. The maximum Gasteiger partial charge on any atom is 0.127 e. The minimum atomic E-state index is -0.0569. The van der Waals surface area contributed by atoms with Gasteiger partial charge in [-0.25, -0.2) is 0 Å². The predicted molar refractivity (Wildman–Crippen MR) is 107 cm³/mol. The normalized spacial score (nSPS) is 12.2. The Morgan fingerprint density at radius 2 is 1.62 bits per heavy atom. The standard InChI is InChI=1S/C24H21NO/c1-18(17-26)20-7-9-21(10-8-20)22-11-12-24-23(15-22)13-14-25(24)16-19-5-3-2-4-6-19/h2-15,17-18H,16H2,1H3. The summed E-state index contributed by atoms with van der Waals surface area (Å²) in [5.41, 5.74) is 5.96. The highest BCUT2D eigenvalue weighted by Gasteiger charge is 2.07. The first-order valence-corrected chi connectivity index (χ1v) is 8.93. The van der Waals surface area contributed by atoms with Crippen molar-refractivity contribution in [2.24, 2.45) is 0 Å². The molecule has 2 heteroatoms. The first-order chi connectivity index (χ1) is 12.7. The van der Waals surface area contributed by atoms with E-state index in [0.29, 0.717) is 0 Å². The van der Waals surface area contributed by atoms with Gasteiger partial charge in [0.05, 0.1) is 0 Å². The molecule has 2 nitrogen and oxygen atoms in total. The molecule has 0 spiro atoms. The zero-order valence-electron chi connectivity index (χ0n) is 14.8. The predicted octanol–water partition coefficient (Wildman–Crippen LogP) is 5.66. The third-order valence-corrected chi connectivity index (χ3v) is 4.94. The van der Waals surface area contributed by atoms with Crippen LogP contribution in [0.1, 0.15) is 24.0 Å². The summed E-state index contributed by atoms with van der Waals surface area (Å²) in [4.78, 5) is 10.9. The number of aromatic nitrogens is 1. The summed E-state index contributed by atoms with van der Waals surface area (Å²) in [6, 6.07) is 27.5. The number of fused-ring (bicyclic) bond motifs is 1.